The van der Waals surface area contributed by atoms with Crippen LogP contribution in [0.25, 0.3) is 0 Å². The van der Waals surface area contributed by atoms with Crippen LogP contribution >= 0.6 is 0 Å². The fourth-order valence-electron chi connectivity index (χ4n) is 2.70. The van der Waals surface area contributed by atoms with Gasteiger partial charge in [-0.15, -0.1) is 0 Å². The lowest BCUT2D eigenvalue weighted by molar-refractivity contribution is -0.139. The number of nitrogens with zero attached hydrogens (tertiary/aromatic N) is 2. The molecule has 8 nitrogen and oxygen atoms in total. The van der Waals surface area contributed by atoms with Crippen LogP contribution in [0.4, 0.5) is 5.69 Å². The van der Waals surface area contributed by atoms with Gasteiger partial charge in [-0.1, -0.05) is 6.07 Å². The van der Waals surface area contributed by atoms with Crippen molar-refractivity contribution in [1.82, 2.24) is 9.62 Å². The number of ether oxygens (including phenoxy) is 1. The standard InChI is InChI=1S/C16H23N3O5S/c1-12-10-19(13-5-4-6-14(9-13)24-2)16(21)11-18(12)15(20)7-8-17-25(3,22)23/h4-6,9,12,17H,7-8,10-11H2,1-3H3/t12-/m1/s1. The summed E-state index contributed by atoms with van der Waals surface area (Å²) in [6.45, 7) is 2.23. The van der Waals surface area contributed by atoms with Crippen LogP contribution in [-0.2, 0) is 19.6 Å². The lowest BCUT2D eigenvalue weighted by Crippen LogP contribution is -2.57. The molecule has 2 amide bonds. The third-order valence-electron chi connectivity index (χ3n) is 3.97. The maximum Gasteiger partial charge on any atom is 0.246 e. The van der Waals surface area contributed by atoms with E-state index in [0.717, 1.165) is 11.9 Å². The van der Waals surface area contributed by atoms with Crippen molar-refractivity contribution in [2.45, 2.75) is 19.4 Å². The largest absolute Gasteiger partial charge is 0.497 e. The molecule has 9 heteroatoms. The molecule has 138 valence electrons. The number of sulfonamides is 1. The summed E-state index contributed by atoms with van der Waals surface area (Å²) in [4.78, 5) is 27.9. The van der Waals surface area contributed by atoms with Gasteiger partial charge in [0, 0.05) is 37.3 Å². The van der Waals surface area contributed by atoms with Gasteiger partial charge >= 0.3 is 0 Å². The van der Waals surface area contributed by atoms with Crippen molar-refractivity contribution in [2.75, 3.05) is 37.9 Å². The van der Waals surface area contributed by atoms with Crippen LogP contribution in [0.1, 0.15) is 13.3 Å². The molecule has 0 bridgehead atoms. The summed E-state index contributed by atoms with van der Waals surface area (Å²) >= 11 is 0. The number of piperazine rings is 1. The van der Waals surface area contributed by atoms with Gasteiger partial charge in [-0.25, -0.2) is 13.1 Å². The molecule has 0 unspecified atom stereocenters. The minimum Gasteiger partial charge on any atom is -0.497 e. The van der Waals surface area contributed by atoms with Gasteiger partial charge in [0.25, 0.3) is 0 Å². The molecule has 1 aliphatic heterocycles. The minimum absolute atomic E-state index is 0.0177. The van der Waals surface area contributed by atoms with Crippen molar-refractivity contribution < 1.29 is 22.7 Å². The second kappa shape index (κ2) is 7.83. The zero-order valence-corrected chi connectivity index (χ0v) is 15.4. The SMILES string of the molecule is COc1cccc(N2C[C@@H](C)N(C(=O)CCNS(C)(=O)=O)CC2=O)c1. The number of hydrogen-bond donors (Lipinski definition) is 1. The van der Waals surface area contributed by atoms with Gasteiger partial charge < -0.3 is 14.5 Å². The summed E-state index contributed by atoms with van der Waals surface area (Å²) in [5.41, 5.74) is 0.724. The normalized spacial score (nSPS) is 18.4. The van der Waals surface area contributed by atoms with Crippen LogP contribution < -0.4 is 14.4 Å². The van der Waals surface area contributed by atoms with Crippen LogP contribution in [0, 0.1) is 0 Å². The summed E-state index contributed by atoms with van der Waals surface area (Å²) in [5.74, 6) is 0.223. The molecule has 1 aliphatic rings. The highest BCUT2D eigenvalue weighted by molar-refractivity contribution is 7.88. The molecule has 1 fully saturated rings. The minimum atomic E-state index is -3.33. The van der Waals surface area contributed by atoms with E-state index in [0.29, 0.717) is 12.3 Å². The molecule has 0 saturated carbocycles. The zero-order valence-electron chi connectivity index (χ0n) is 14.6. The number of carbonyl (C=O) groups excluding carboxylic acids is 2. The highest BCUT2D eigenvalue weighted by Crippen LogP contribution is 2.24. The molecule has 0 aliphatic carbocycles. The second-order valence-corrected chi connectivity index (χ2v) is 7.83. The summed E-state index contributed by atoms with van der Waals surface area (Å²) in [5, 5.41) is 0. The maximum atomic E-state index is 12.5. The molecular weight excluding hydrogens is 346 g/mol. The van der Waals surface area contributed by atoms with E-state index in [1.54, 1.807) is 30.2 Å². The summed E-state index contributed by atoms with van der Waals surface area (Å²) in [7, 11) is -1.77. The average Bonchev–Trinajstić information content (AvgIpc) is 2.55. The first-order chi connectivity index (χ1) is 11.7. The molecule has 1 aromatic rings. The molecule has 1 atom stereocenters. The Morgan fingerprint density at radius 3 is 2.76 bits per heavy atom. The maximum absolute atomic E-state index is 12.5. The van der Waals surface area contributed by atoms with Crippen LogP contribution in [-0.4, -0.2) is 64.2 Å². The van der Waals surface area contributed by atoms with Gasteiger partial charge in [-0.05, 0) is 19.1 Å². The van der Waals surface area contributed by atoms with E-state index < -0.39 is 10.0 Å². The molecule has 25 heavy (non-hydrogen) atoms. The Hall–Kier alpha value is -2.13. The Morgan fingerprint density at radius 2 is 2.12 bits per heavy atom. The molecule has 0 spiro atoms. The molecular formula is C16H23N3O5S. The van der Waals surface area contributed by atoms with E-state index in [2.05, 4.69) is 4.72 Å². The van der Waals surface area contributed by atoms with E-state index >= 15 is 0 Å². The third-order valence-corrected chi connectivity index (χ3v) is 4.70. The van der Waals surface area contributed by atoms with Crippen molar-refractivity contribution in [3.8, 4) is 5.75 Å². The Bertz CT molecular complexity index is 750. The Morgan fingerprint density at radius 1 is 1.40 bits per heavy atom. The van der Waals surface area contributed by atoms with Crippen molar-refractivity contribution in [3.63, 3.8) is 0 Å². The lowest BCUT2D eigenvalue weighted by atomic mass is 10.1. The first-order valence-corrected chi connectivity index (χ1v) is 9.79. The predicted octanol–water partition coefficient (Wildman–Crippen LogP) is 0.198. The first kappa shape index (κ1) is 19.2. The van der Waals surface area contributed by atoms with Gasteiger partial charge in [0.1, 0.15) is 12.3 Å². The van der Waals surface area contributed by atoms with Crippen LogP contribution in [0.5, 0.6) is 5.75 Å². The number of anilines is 1. The average molecular weight is 369 g/mol. The highest BCUT2D eigenvalue weighted by atomic mass is 32.2. The van der Waals surface area contributed by atoms with Crippen molar-refractivity contribution >= 4 is 27.5 Å². The number of carbonyl (C=O) groups is 2. The molecule has 0 aromatic heterocycles. The van der Waals surface area contributed by atoms with E-state index in [4.69, 9.17) is 4.74 Å². The molecule has 0 radical (unpaired) electrons. The predicted molar refractivity (Wildman–Crippen MR) is 94.0 cm³/mol. The van der Waals surface area contributed by atoms with Gasteiger partial charge in [0.15, 0.2) is 0 Å². The smallest absolute Gasteiger partial charge is 0.246 e. The highest BCUT2D eigenvalue weighted by Gasteiger charge is 2.33. The molecule has 2 rings (SSSR count). The molecule has 1 aromatic carbocycles. The monoisotopic (exact) mass is 369 g/mol. The lowest BCUT2D eigenvalue weighted by Gasteiger charge is -2.39. The quantitative estimate of drug-likeness (QED) is 0.773. The Kier molecular flexibility index (Phi) is 6.02. The third kappa shape index (κ3) is 5.17. The molecule has 1 heterocycles. The van der Waals surface area contributed by atoms with Gasteiger partial charge in [-0.3, -0.25) is 9.59 Å². The van der Waals surface area contributed by atoms with Gasteiger partial charge in [-0.2, -0.15) is 0 Å². The summed E-state index contributed by atoms with van der Waals surface area (Å²) < 4.78 is 29.6. The first-order valence-electron chi connectivity index (χ1n) is 7.90. The number of nitrogens with one attached hydrogen (secondary N) is 1. The Balaban J connectivity index is 2.01. The topological polar surface area (TPSA) is 96.0 Å². The van der Waals surface area contributed by atoms with Gasteiger partial charge in [0.05, 0.1) is 13.4 Å². The van der Waals surface area contributed by atoms with Crippen LogP contribution in [0.2, 0.25) is 0 Å². The van der Waals surface area contributed by atoms with Crippen LogP contribution in [0.3, 0.4) is 0 Å². The number of methoxy groups -OCH3 is 1. The fraction of sp³-hybridized carbons (Fsp3) is 0.500. The second-order valence-electron chi connectivity index (χ2n) is 5.99. The number of amides is 2. The zero-order chi connectivity index (χ0) is 18.6. The van der Waals surface area contributed by atoms with Crippen molar-refractivity contribution in [3.05, 3.63) is 24.3 Å². The Labute approximate surface area is 147 Å². The van der Waals surface area contributed by atoms with Gasteiger partial charge in [0.2, 0.25) is 21.8 Å². The van der Waals surface area contributed by atoms with Crippen LogP contribution in [0.15, 0.2) is 24.3 Å². The van der Waals surface area contributed by atoms with E-state index in [-0.39, 0.29) is 37.4 Å². The van der Waals surface area contributed by atoms with Crippen molar-refractivity contribution in [1.29, 1.82) is 0 Å². The fourth-order valence-corrected chi connectivity index (χ4v) is 3.17. The van der Waals surface area contributed by atoms with E-state index in [9.17, 15) is 18.0 Å². The summed E-state index contributed by atoms with van der Waals surface area (Å²) in [6, 6.07) is 7.03. The van der Waals surface area contributed by atoms with E-state index in [1.165, 1.54) is 4.90 Å². The molecule has 1 saturated heterocycles. The number of hydrogen-bond acceptors (Lipinski definition) is 5. The molecule has 1 N–H and O–H groups in total. The summed E-state index contributed by atoms with van der Waals surface area (Å²) in [6.07, 6.45) is 1.06. The van der Waals surface area contributed by atoms with E-state index in [1.807, 2.05) is 13.0 Å². The number of rotatable bonds is 6. The van der Waals surface area contributed by atoms with Crippen molar-refractivity contribution in [2.24, 2.45) is 0 Å². The number of benzene rings is 1.